The van der Waals surface area contributed by atoms with Crippen molar-refractivity contribution < 1.29 is 14.4 Å². The lowest BCUT2D eigenvalue weighted by Crippen LogP contribution is -2.40. The van der Waals surface area contributed by atoms with Crippen LogP contribution in [0.5, 0.6) is 0 Å². The van der Waals surface area contributed by atoms with Gasteiger partial charge in [-0.25, -0.2) is 0 Å². The number of benzene rings is 1. The molecule has 134 valence electrons. The molecule has 0 aliphatic heterocycles. The summed E-state index contributed by atoms with van der Waals surface area (Å²) >= 11 is 1.41. The first kappa shape index (κ1) is 19.4. The first-order valence-corrected chi connectivity index (χ1v) is 8.93. The van der Waals surface area contributed by atoms with Crippen molar-refractivity contribution in [2.24, 2.45) is 0 Å². The van der Waals surface area contributed by atoms with Crippen molar-refractivity contribution in [1.82, 2.24) is 5.32 Å². The minimum absolute atomic E-state index is 0.0209. The molecule has 2 amide bonds. The highest BCUT2D eigenvalue weighted by Crippen LogP contribution is 2.20. The van der Waals surface area contributed by atoms with Gasteiger partial charge in [0, 0.05) is 36.0 Å². The van der Waals surface area contributed by atoms with Crippen LogP contribution in [0.3, 0.4) is 0 Å². The zero-order valence-electron chi connectivity index (χ0n) is 14.7. The molecule has 0 spiro atoms. The van der Waals surface area contributed by atoms with Crippen molar-refractivity contribution in [3.8, 4) is 12.3 Å². The number of nitrogens with zero attached hydrogens (tertiary/aromatic N) is 1. The molecule has 0 radical (unpaired) electrons. The van der Waals surface area contributed by atoms with E-state index in [-0.39, 0.29) is 37.0 Å². The third kappa shape index (κ3) is 5.04. The maximum atomic E-state index is 12.7. The van der Waals surface area contributed by atoms with E-state index < -0.39 is 0 Å². The van der Waals surface area contributed by atoms with Gasteiger partial charge in [0.1, 0.15) is 6.54 Å². The van der Waals surface area contributed by atoms with Crippen molar-refractivity contribution in [1.29, 1.82) is 0 Å². The summed E-state index contributed by atoms with van der Waals surface area (Å²) in [5, 5.41) is 2.50. The number of nitrogens with one attached hydrogen (secondary N) is 1. The molecule has 0 aliphatic rings. The van der Waals surface area contributed by atoms with Crippen LogP contribution in [0.4, 0.5) is 5.69 Å². The molecule has 2 aromatic rings. The van der Waals surface area contributed by atoms with Crippen LogP contribution >= 0.6 is 11.3 Å². The lowest BCUT2D eigenvalue weighted by atomic mass is 10.1. The standard InChI is InChI=1S/C20H20N2O3S/c1-4-15-6-5-7-16(12-15)22(13-19(24)21-3)20(25)11-9-17(23)18-10-8-14(2)26-18/h1,5-8,10,12H,9,11,13H2,2-3H3,(H,21,24). The summed E-state index contributed by atoms with van der Waals surface area (Å²) < 4.78 is 0. The van der Waals surface area contributed by atoms with Gasteiger partial charge in [-0.1, -0.05) is 12.0 Å². The topological polar surface area (TPSA) is 66.5 Å². The van der Waals surface area contributed by atoms with Crippen LogP contribution in [-0.2, 0) is 9.59 Å². The van der Waals surface area contributed by atoms with Crippen molar-refractivity contribution in [3.05, 3.63) is 51.7 Å². The number of carbonyl (C=O) groups excluding carboxylic acids is 3. The molecule has 1 heterocycles. The molecule has 1 aromatic heterocycles. The first-order chi connectivity index (χ1) is 12.4. The summed E-state index contributed by atoms with van der Waals surface area (Å²) in [6.45, 7) is 1.80. The first-order valence-electron chi connectivity index (χ1n) is 8.12. The van der Waals surface area contributed by atoms with Crippen LogP contribution in [0.1, 0.15) is 33.0 Å². The average Bonchev–Trinajstić information content (AvgIpc) is 3.10. The van der Waals surface area contributed by atoms with E-state index in [0.29, 0.717) is 16.1 Å². The smallest absolute Gasteiger partial charge is 0.239 e. The quantitative estimate of drug-likeness (QED) is 0.604. The van der Waals surface area contributed by atoms with Crippen molar-refractivity contribution in [3.63, 3.8) is 0 Å². The molecule has 1 aromatic carbocycles. The molecule has 1 N–H and O–H groups in total. The number of thiophene rings is 1. The highest BCUT2D eigenvalue weighted by molar-refractivity contribution is 7.14. The van der Waals surface area contributed by atoms with Crippen LogP contribution in [0.2, 0.25) is 0 Å². The summed E-state index contributed by atoms with van der Waals surface area (Å²) in [7, 11) is 1.51. The Labute approximate surface area is 157 Å². The number of likely N-dealkylation sites (N-methyl/N-ethyl adjacent to an activating group) is 1. The molecule has 0 saturated carbocycles. The van der Waals surface area contributed by atoms with Gasteiger partial charge in [0.15, 0.2) is 5.78 Å². The molecule has 26 heavy (non-hydrogen) atoms. The van der Waals surface area contributed by atoms with Gasteiger partial charge in [0.2, 0.25) is 11.8 Å². The predicted octanol–water partition coefficient (Wildman–Crippen LogP) is 2.78. The maximum Gasteiger partial charge on any atom is 0.239 e. The summed E-state index contributed by atoms with van der Waals surface area (Å²) in [4.78, 5) is 39.8. The molecular formula is C20H20N2O3S. The molecule has 0 unspecified atom stereocenters. The zero-order valence-corrected chi connectivity index (χ0v) is 15.6. The Morgan fingerprint density at radius 2 is 1.96 bits per heavy atom. The summed E-state index contributed by atoms with van der Waals surface area (Å²) in [6, 6.07) is 10.5. The van der Waals surface area contributed by atoms with E-state index in [0.717, 1.165) is 4.88 Å². The third-order valence-corrected chi connectivity index (χ3v) is 4.83. The Kier molecular flexibility index (Phi) is 6.70. The Bertz CT molecular complexity index is 864. The normalized spacial score (nSPS) is 10.0. The second-order valence-corrected chi connectivity index (χ2v) is 6.97. The second kappa shape index (κ2) is 8.97. The van der Waals surface area contributed by atoms with Crippen molar-refractivity contribution in [2.45, 2.75) is 19.8 Å². The van der Waals surface area contributed by atoms with Crippen LogP contribution in [-0.4, -0.2) is 31.2 Å². The number of aryl methyl sites for hydroxylation is 1. The number of amides is 2. The van der Waals surface area contributed by atoms with Gasteiger partial charge in [-0.15, -0.1) is 17.8 Å². The summed E-state index contributed by atoms with van der Waals surface area (Å²) in [6.07, 6.45) is 5.53. The fraction of sp³-hybridized carbons (Fsp3) is 0.250. The Morgan fingerprint density at radius 1 is 1.19 bits per heavy atom. The summed E-state index contributed by atoms with van der Waals surface area (Å²) in [5.74, 6) is 1.83. The fourth-order valence-corrected chi connectivity index (χ4v) is 3.21. The average molecular weight is 368 g/mol. The van der Waals surface area contributed by atoms with Gasteiger partial charge >= 0.3 is 0 Å². The lowest BCUT2D eigenvalue weighted by molar-refractivity contribution is -0.123. The number of ketones is 1. The van der Waals surface area contributed by atoms with Crippen LogP contribution in [0.25, 0.3) is 0 Å². The van der Waals surface area contributed by atoms with Gasteiger partial charge in [-0.2, -0.15) is 0 Å². The van der Waals surface area contributed by atoms with Gasteiger partial charge in [0.05, 0.1) is 4.88 Å². The second-order valence-electron chi connectivity index (χ2n) is 5.68. The molecule has 6 heteroatoms. The van der Waals surface area contributed by atoms with Crippen LogP contribution < -0.4 is 10.2 Å². The molecular weight excluding hydrogens is 348 g/mol. The minimum Gasteiger partial charge on any atom is -0.358 e. The van der Waals surface area contributed by atoms with E-state index in [9.17, 15) is 14.4 Å². The van der Waals surface area contributed by atoms with Gasteiger partial charge in [-0.05, 0) is 37.3 Å². The summed E-state index contributed by atoms with van der Waals surface area (Å²) in [5.41, 5.74) is 1.15. The minimum atomic E-state index is -0.301. The maximum absolute atomic E-state index is 12.7. The van der Waals surface area contributed by atoms with Gasteiger partial charge in [0.25, 0.3) is 0 Å². The van der Waals surface area contributed by atoms with Crippen LogP contribution in [0.15, 0.2) is 36.4 Å². The highest BCUT2D eigenvalue weighted by Gasteiger charge is 2.20. The zero-order chi connectivity index (χ0) is 19.1. The highest BCUT2D eigenvalue weighted by atomic mass is 32.1. The number of hydrogen-bond acceptors (Lipinski definition) is 4. The van der Waals surface area contributed by atoms with Crippen molar-refractivity contribution >= 4 is 34.6 Å². The van der Waals surface area contributed by atoms with E-state index in [4.69, 9.17) is 6.42 Å². The fourth-order valence-electron chi connectivity index (χ4n) is 2.37. The van der Waals surface area contributed by atoms with E-state index in [1.54, 1.807) is 30.3 Å². The van der Waals surface area contributed by atoms with Crippen LogP contribution in [0, 0.1) is 19.3 Å². The molecule has 5 nitrogen and oxygen atoms in total. The number of terminal acetylenes is 1. The Morgan fingerprint density at radius 3 is 2.58 bits per heavy atom. The molecule has 0 bridgehead atoms. The molecule has 0 saturated heterocycles. The van der Waals surface area contributed by atoms with Gasteiger partial charge < -0.3 is 10.2 Å². The van der Waals surface area contributed by atoms with Crippen molar-refractivity contribution in [2.75, 3.05) is 18.5 Å². The molecule has 0 aliphatic carbocycles. The number of carbonyl (C=O) groups is 3. The van der Waals surface area contributed by atoms with Gasteiger partial charge in [-0.3, -0.25) is 14.4 Å². The number of hydrogen-bond donors (Lipinski definition) is 1. The SMILES string of the molecule is C#Cc1cccc(N(CC(=O)NC)C(=O)CCC(=O)c2ccc(C)s2)c1. The number of anilines is 1. The lowest BCUT2D eigenvalue weighted by Gasteiger charge is -2.22. The van der Waals surface area contributed by atoms with E-state index in [2.05, 4.69) is 11.2 Å². The van der Waals surface area contributed by atoms with E-state index in [1.165, 1.54) is 23.3 Å². The Balaban J connectivity index is 2.13. The predicted molar refractivity (Wildman–Crippen MR) is 103 cm³/mol. The molecule has 2 rings (SSSR count). The molecule has 0 fully saturated rings. The largest absolute Gasteiger partial charge is 0.358 e. The van der Waals surface area contributed by atoms with E-state index in [1.807, 2.05) is 13.0 Å². The number of rotatable bonds is 7. The third-order valence-electron chi connectivity index (χ3n) is 3.79. The monoisotopic (exact) mass is 368 g/mol. The molecule has 0 atom stereocenters. The Hall–Kier alpha value is -2.91. The van der Waals surface area contributed by atoms with E-state index >= 15 is 0 Å². The number of Topliss-reactive ketones (excluding diaryl/α,β-unsaturated/α-hetero) is 1.